The maximum absolute atomic E-state index is 5.05. The standard InChI is InChI=1S/C70H51N5/c1-70(2,58-19-15-17-52(44-58)68-29-11-14-40-73-68)59-20-16-18-53(45-59)69-74-46-57(47-75-69)65-26-8-7-25-64(65)56-42-54(62-23-5-3-21-60(62)48-30-34-50(35-31-48)66-27-9-12-38-71-66)41-55(43-56)63-24-6-4-22-61(63)49-32-36-51(37-33-49)67-28-10-13-39-72-67/h3-47H,1-2H3. The van der Waals surface area contributed by atoms with E-state index >= 15 is 0 Å². The molecule has 8 aromatic carbocycles. The molecule has 0 amide bonds. The lowest BCUT2D eigenvalue weighted by molar-refractivity contribution is 0.641. The van der Waals surface area contributed by atoms with Crippen molar-refractivity contribution in [3.8, 4) is 112 Å². The number of nitrogens with zero attached hydrogens (tertiary/aromatic N) is 5. The Morgan fingerprint density at radius 2 is 0.573 bits per heavy atom. The van der Waals surface area contributed by atoms with Crippen LogP contribution < -0.4 is 0 Å². The maximum Gasteiger partial charge on any atom is 0.159 e. The molecule has 0 atom stereocenters. The molecular weight excluding hydrogens is 911 g/mol. The third-order valence-electron chi connectivity index (χ3n) is 14.3. The van der Waals surface area contributed by atoms with E-state index in [2.05, 4.69) is 223 Å². The van der Waals surface area contributed by atoms with Crippen molar-refractivity contribution >= 4 is 0 Å². The summed E-state index contributed by atoms with van der Waals surface area (Å²) in [6, 6.07) is 85.9. The van der Waals surface area contributed by atoms with Crippen LogP contribution in [0.5, 0.6) is 0 Å². The van der Waals surface area contributed by atoms with Crippen LogP contribution in [0.3, 0.4) is 0 Å². The van der Waals surface area contributed by atoms with Crippen LogP contribution in [-0.4, -0.2) is 24.9 Å². The van der Waals surface area contributed by atoms with Gasteiger partial charge in [-0.15, -0.1) is 0 Å². The number of aromatic nitrogens is 5. The number of hydrogen-bond donors (Lipinski definition) is 0. The first-order chi connectivity index (χ1) is 36.9. The van der Waals surface area contributed by atoms with Crippen molar-refractivity contribution in [1.82, 2.24) is 24.9 Å². The van der Waals surface area contributed by atoms with Gasteiger partial charge in [-0.25, -0.2) is 9.97 Å². The van der Waals surface area contributed by atoms with Crippen molar-refractivity contribution in [2.75, 3.05) is 0 Å². The highest BCUT2D eigenvalue weighted by Gasteiger charge is 2.25. The molecular formula is C70H51N5. The zero-order valence-electron chi connectivity index (χ0n) is 41.7. The van der Waals surface area contributed by atoms with Gasteiger partial charge in [-0.05, 0) is 139 Å². The number of rotatable bonds is 12. The molecule has 0 N–H and O–H groups in total. The summed E-state index contributed by atoms with van der Waals surface area (Å²) in [6.45, 7) is 4.54. The van der Waals surface area contributed by atoms with Crippen LogP contribution in [0.25, 0.3) is 112 Å². The highest BCUT2D eigenvalue weighted by atomic mass is 14.9. The second-order valence-corrected chi connectivity index (χ2v) is 19.3. The van der Waals surface area contributed by atoms with Crippen molar-refractivity contribution in [2.45, 2.75) is 19.3 Å². The van der Waals surface area contributed by atoms with E-state index in [4.69, 9.17) is 9.97 Å². The Kier molecular flexibility index (Phi) is 12.6. The van der Waals surface area contributed by atoms with E-state index in [9.17, 15) is 0 Å². The van der Waals surface area contributed by atoms with Crippen LogP contribution in [-0.2, 0) is 5.41 Å². The van der Waals surface area contributed by atoms with Crippen molar-refractivity contribution in [3.63, 3.8) is 0 Å². The average molecular weight is 962 g/mol. The Labute approximate surface area is 438 Å². The van der Waals surface area contributed by atoms with E-state index in [1.807, 2.05) is 79.5 Å². The van der Waals surface area contributed by atoms with Crippen LogP contribution >= 0.6 is 0 Å². The smallest absolute Gasteiger partial charge is 0.159 e. The van der Waals surface area contributed by atoms with Crippen LogP contribution in [0, 0.1) is 0 Å². The molecule has 0 spiro atoms. The Morgan fingerprint density at radius 1 is 0.240 bits per heavy atom. The summed E-state index contributed by atoms with van der Waals surface area (Å²) in [7, 11) is 0. The van der Waals surface area contributed by atoms with Crippen LogP contribution in [0.4, 0.5) is 0 Å². The Morgan fingerprint density at radius 3 is 0.973 bits per heavy atom. The summed E-state index contributed by atoms with van der Waals surface area (Å²) >= 11 is 0. The number of benzene rings is 8. The van der Waals surface area contributed by atoms with Gasteiger partial charge in [0.25, 0.3) is 0 Å². The first-order valence-electron chi connectivity index (χ1n) is 25.4. The van der Waals surface area contributed by atoms with Gasteiger partial charge in [-0.1, -0.05) is 190 Å². The maximum atomic E-state index is 5.05. The largest absolute Gasteiger partial charge is 0.256 e. The monoisotopic (exact) mass is 961 g/mol. The molecule has 0 aliphatic heterocycles. The predicted molar refractivity (Wildman–Crippen MR) is 308 cm³/mol. The first kappa shape index (κ1) is 46.4. The van der Waals surface area contributed by atoms with Gasteiger partial charge in [0.2, 0.25) is 0 Å². The minimum absolute atomic E-state index is 0.288. The fourth-order valence-corrected chi connectivity index (χ4v) is 10.2. The van der Waals surface area contributed by atoms with Gasteiger partial charge in [-0.2, -0.15) is 0 Å². The van der Waals surface area contributed by atoms with Crippen molar-refractivity contribution < 1.29 is 0 Å². The minimum Gasteiger partial charge on any atom is -0.256 e. The SMILES string of the molecule is CC(C)(c1cccc(-c2ccccn2)c1)c1cccc(-c2ncc(-c3ccccc3-c3cc(-c4ccccc4-c4ccc(-c5ccccn5)cc4)cc(-c4ccccc4-c4ccc(-c5ccccn5)cc4)c3)cn2)c1. The van der Waals surface area contributed by atoms with Gasteiger partial charge < -0.3 is 0 Å². The van der Waals surface area contributed by atoms with E-state index in [1.54, 1.807) is 0 Å². The molecule has 356 valence electrons. The van der Waals surface area contributed by atoms with E-state index in [1.165, 1.54) is 11.1 Å². The van der Waals surface area contributed by atoms with E-state index < -0.39 is 0 Å². The molecule has 5 heteroatoms. The van der Waals surface area contributed by atoms with E-state index in [0.29, 0.717) is 5.82 Å². The zero-order chi connectivity index (χ0) is 50.6. The summed E-state index contributed by atoms with van der Waals surface area (Å²) < 4.78 is 0. The second kappa shape index (κ2) is 20.4. The Balaban J connectivity index is 0.931. The summed E-state index contributed by atoms with van der Waals surface area (Å²) in [5, 5.41) is 0. The lowest BCUT2D eigenvalue weighted by atomic mass is 9.77. The Bertz CT molecular complexity index is 3780. The molecule has 0 aliphatic carbocycles. The van der Waals surface area contributed by atoms with Gasteiger partial charge in [0.05, 0.1) is 17.1 Å². The van der Waals surface area contributed by atoms with Gasteiger partial charge in [0, 0.05) is 64.2 Å². The fourth-order valence-electron chi connectivity index (χ4n) is 10.2. The van der Waals surface area contributed by atoms with Gasteiger partial charge in [0.1, 0.15) is 0 Å². The van der Waals surface area contributed by atoms with Crippen LogP contribution in [0.15, 0.2) is 274 Å². The van der Waals surface area contributed by atoms with Crippen molar-refractivity contribution in [1.29, 1.82) is 0 Å². The normalized spacial score (nSPS) is 11.3. The molecule has 4 aromatic heterocycles. The molecule has 12 aromatic rings. The highest BCUT2D eigenvalue weighted by Crippen LogP contribution is 2.43. The minimum atomic E-state index is -0.288. The molecule has 0 unspecified atom stereocenters. The summed E-state index contributed by atoms with van der Waals surface area (Å²) in [4.78, 5) is 23.9. The van der Waals surface area contributed by atoms with E-state index in [-0.39, 0.29) is 5.41 Å². The van der Waals surface area contributed by atoms with Crippen LogP contribution in [0.2, 0.25) is 0 Å². The van der Waals surface area contributed by atoms with Gasteiger partial charge >= 0.3 is 0 Å². The van der Waals surface area contributed by atoms with Crippen molar-refractivity contribution in [2.24, 2.45) is 0 Å². The number of pyridine rings is 3. The summed E-state index contributed by atoms with van der Waals surface area (Å²) in [5.74, 6) is 0.676. The quantitative estimate of drug-likeness (QED) is 0.122. The molecule has 75 heavy (non-hydrogen) atoms. The van der Waals surface area contributed by atoms with Gasteiger partial charge in [-0.3, -0.25) is 15.0 Å². The topological polar surface area (TPSA) is 64.5 Å². The first-order valence-corrected chi connectivity index (χ1v) is 25.4. The third kappa shape index (κ3) is 9.59. The molecule has 0 saturated heterocycles. The third-order valence-corrected chi connectivity index (χ3v) is 14.3. The molecule has 5 nitrogen and oxygen atoms in total. The molecule has 0 saturated carbocycles. The fraction of sp³-hybridized carbons (Fsp3) is 0.0429. The lowest BCUT2D eigenvalue weighted by Crippen LogP contribution is -2.19. The van der Waals surface area contributed by atoms with Gasteiger partial charge in [0.15, 0.2) is 5.82 Å². The predicted octanol–water partition coefficient (Wildman–Crippen LogP) is 17.7. The lowest BCUT2D eigenvalue weighted by Gasteiger charge is -2.27. The summed E-state index contributed by atoms with van der Waals surface area (Å²) in [6.07, 6.45) is 9.45. The summed E-state index contributed by atoms with van der Waals surface area (Å²) in [5.41, 5.74) is 22.4. The Hall–Kier alpha value is -9.71. The molecule has 0 aliphatic rings. The molecule has 0 fully saturated rings. The molecule has 0 bridgehead atoms. The average Bonchev–Trinajstić information content (AvgIpc) is 3.50. The molecule has 12 rings (SSSR count). The van der Waals surface area contributed by atoms with Crippen LogP contribution in [0.1, 0.15) is 25.0 Å². The molecule has 0 radical (unpaired) electrons. The second-order valence-electron chi connectivity index (χ2n) is 19.3. The van der Waals surface area contributed by atoms with E-state index in [0.717, 1.165) is 106 Å². The number of hydrogen-bond acceptors (Lipinski definition) is 5. The zero-order valence-corrected chi connectivity index (χ0v) is 41.7. The van der Waals surface area contributed by atoms with Crippen molar-refractivity contribution in [3.05, 3.63) is 285 Å². The highest BCUT2D eigenvalue weighted by molar-refractivity contribution is 5.94. The molecule has 4 heterocycles.